The first-order chi connectivity index (χ1) is 9.57. The molecule has 0 aliphatic heterocycles. The van der Waals surface area contributed by atoms with Crippen molar-refractivity contribution in [3.63, 3.8) is 0 Å². The van der Waals surface area contributed by atoms with Gasteiger partial charge < -0.3 is 15.0 Å². The van der Waals surface area contributed by atoms with Gasteiger partial charge in [0.1, 0.15) is 16.3 Å². The summed E-state index contributed by atoms with van der Waals surface area (Å²) in [6.07, 6.45) is 10.9. The predicted molar refractivity (Wildman–Crippen MR) is 80.1 cm³/mol. The lowest BCUT2D eigenvalue weighted by molar-refractivity contribution is 0.732. The Balaban J connectivity index is 2.37. The number of aromatic amines is 3. The number of hydrogen-bond donors (Lipinski definition) is 3. The van der Waals surface area contributed by atoms with Crippen LogP contribution in [0.1, 0.15) is 20.8 Å². The van der Waals surface area contributed by atoms with Crippen molar-refractivity contribution in [2.24, 2.45) is 0 Å². The van der Waals surface area contributed by atoms with Gasteiger partial charge in [0.15, 0.2) is 0 Å². The third-order valence-electron chi connectivity index (χ3n) is 3.69. The molecular weight excluding hydrogens is 268 g/mol. The number of aromatic nitrogens is 6. The maximum Gasteiger partial charge on any atom is 0.281 e. The molecule has 6 nitrogen and oxygen atoms in total. The summed E-state index contributed by atoms with van der Waals surface area (Å²) < 4.78 is 0. The molecule has 0 aliphatic rings. The summed E-state index contributed by atoms with van der Waals surface area (Å²) in [5, 5.41) is -0.0550. The molecule has 0 bridgehead atoms. The normalized spacial score (nSPS) is 12.8. The zero-order valence-corrected chi connectivity index (χ0v) is 12.8. The number of nitrogens with zero attached hydrogens (tertiary/aromatic N) is 3. The first-order valence-corrected chi connectivity index (χ1v) is 8.56. The first kappa shape index (κ1) is 12.9. The highest BCUT2D eigenvalue weighted by molar-refractivity contribution is 7.10. The van der Waals surface area contributed by atoms with Crippen molar-refractivity contribution in [3.8, 4) is 0 Å². The minimum absolute atomic E-state index is 0.0550. The lowest BCUT2D eigenvalue weighted by Gasteiger charge is -2.37. The van der Waals surface area contributed by atoms with E-state index in [-0.39, 0.29) is 5.04 Å². The molecule has 20 heavy (non-hydrogen) atoms. The third kappa shape index (κ3) is 1.66. The van der Waals surface area contributed by atoms with Crippen LogP contribution in [0.5, 0.6) is 0 Å². The quantitative estimate of drug-likeness (QED) is 0.598. The lowest BCUT2D eigenvalue weighted by atomic mass is 10.2. The molecule has 7 heteroatoms. The van der Waals surface area contributed by atoms with E-state index < -0.39 is 8.07 Å². The summed E-state index contributed by atoms with van der Waals surface area (Å²) in [4.78, 5) is 23.5. The maximum absolute atomic E-state index is 4.55. The minimum atomic E-state index is -2.47. The van der Waals surface area contributed by atoms with E-state index in [1.54, 1.807) is 18.6 Å². The van der Waals surface area contributed by atoms with Crippen molar-refractivity contribution >= 4 is 24.4 Å². The molecule has 3 aromatic rings. The fraction of sp³-hybridized carbons (Fsp3) is 0.308. The number of nitrogens with one attached hydrogen (secondary N) is 3. The molecule has 0 aliphatic carbocycles. The van der Waals surface area contributed by atoms with E-state index in [0.717, 1.165) is 16.3 Å². The van der Waals surface area contributed by atoms with Crippen LogP contribution in [-0.2, 0) is 0 Å². The fourth-order valence-corrected chi connectivity index (χ4v) is 7.32. The Morgan fingerprint density at radius 3 is 1.30 bits per heavy atom. The molecule has 3 heterocycles. The summed E-state index contributed by atoms with van der Waals surface area (Å²) in [6.45, 7) is 6.65. The monoisotopic (exact) mass is 286 g/mol. The van der Waals surface area contributed by atoms with E-state index in [4.69, 9.17) is 0 Å². The lowest BCUT2D eigenvalue weighted by Crippen LogP contribution is -2.75. The number of hydrogen-bond acceptors (Lipinski definition) is 3. The average Bonchev–Trinajstić information content (AvgIpc) is 3.13. The van der Waals surface area contributed by atoms with E-state index in [9.17, 15) is 0 Å². The van der Waals surface area contributed by atoms with Crippen LogP contribution < -0.4 is 16.3 Å². The van der Waals surface area contributed by atoms with E-state index in [2.05, 4.69) is 50.7 Å². The van der Waals surface area contributed by atoms with Crippen molar-refractivity contribution in [2.75, 3.05) is 0 Å². The zero-order chi connectivity index (χ0) is 14.2. The van der Waals surface area contributed by atoms with Crippen LogP contribution in [0, 0.1) is 0 Å². The van der Waals surface area contributed by atoms with Crippen molar-refractivity contribution in [1.29, 1.82) is 0 Å². The summed E-state index contributed by atoms with van der Waals surface area (Å²) in [5.74, 6) is 0. The van der Waals surface area contributed by atoms with Gasteiger partial charge in [0.05, 0.1) is 0 Å². The molecular formula is C13H18N6Si. The van der Waals surface area contributed by atoms with Gasteiger partial charge in [-0.25, -0.2) is 15.0 Å². The van der Waals surface area contributed by atoms with Crippen LogP contribution in [-0.4, -0.2) is 38.0 Å². The predicted octanol–water partition coefficient (Wildman–Crippen LogP) is 0.126. The molecule has 3 N–H and O–H groups in total. The summed E-state index contributed by atoms with van der Waals surface area (Å²) in [6, 6.07) is 0. The molecule has 0 aromatic carbocycles. The van der Waals surface area contributed by atoms with Crippen LogP contribution in [0.3, 0.4) is 0 Å². The van der Waals surface area contributed by atoms with Crippen molar-refractivity contribution in [1.82, 2.24) is 29.9 Å². The Labute approximate surface area is 118 Å². The Kier molecular flexibility index (Phi) is 2.86. The molecule has 0 atom stereocenters. The van der Waals surface area contributed by atoms with Gasteiger partial charge >= 0.3 is 0 Å². The molecule has 0 saturated carbocycles. The van der Waals surface area contributed by atoms with Gasteiger partial charge in [0.25, 0.3) is 8.07 Å². The minimum Gasteiger partial charge on any atom is -0.352 e. The van der Waals surface area contributed by atoms with E-state index in [0.29, 0.717) is 0 Å². The number of imidazole rings is 3. The van der Waals surface area contributed by atoms with Crippen LogP contribution in [0.25, 0.3) is 0 Å². The largest absolute Gasteiger partial charge is 0.352 e. The molecule has 0 unspecified atom stereocenters. The van der Waals surface area contributed by atoms with Gasteiger partial charge in [0.2, 0.25) is 0 Å². The first-order valence-electron chi connectivity index (χ1n) is 6.56. The van der Waals surface area contributed by atoms with Crippen molar-refractivity contribution < 1.29 is 0 Å². The van der Waals surface area contributed by atoms with E-state index in [1.807, 2.05) is 18.6 Å². The van der Waals surface area contributed by atoms with Crippen molar-refractivity contribution in [3.05, 3.63) is 37.2 Å². The van der Waals surface area contributed by atoms with Gasteiger partial charge in [-0.05, 0) is 5.04 Å². The van der Waals surface area contributed by atoms with Crippen LogP contribution >= 0.6 is 0 Å². The van der Waals surface area contributed by atoms with Crippen LogP contribution in [0.15, 0.2) is 37.2 Å². The number of rotatable bonds is 3. The molecule has 3 rings (SSSR count). The highest BCUT2D eigenvalue weighted by Gasteiger charge is 2.56. The third-order valence-corrected chi connectivity index (χ3v) is 8.89. The fourth-order valence-electron chi connectivity index (χ4n) is 2.81. The average molecular weight is 286 g/mol. The second kappa shape index (κ2) is 4.45. The molecule has 0 saturated heterocycles. The topological polar surface area (TPSA) is 86.0 Å². The molecule has 3 aromatic heterocycles. The van der Waals surface area contributed by atoms with Gasteiger partial charge in [-0.1, -0.05) is 20.8 Å². The van der Waals surface area contributed by atoms with E-state index in [1.165, 1.54) is 0 Å². The molecule has 0 spiro atoms. The highest BCUT2D eigenvalue weighted by atomic mass is 28.3. The Hall–Kier alpha value is -2.15. The Bertz CT molecular complexity index is 564. The molecule has 0 fully saturated rings. The second-order valence-corrected chi connectivity index (χ2v) is 10.2. The Morgan fingerprint density at radius 1 is 0.750 bits per heavy atom. The molecule has 104 valence electrons. The zero-order valence-electron chi connectivity index (χ0n) is 11.8. The van der Waals surface area contributed by atoms with Crippen LogP contribution in [0.2, 0.25) is 5.04 Å². The Morgan fingerprint density at radius 2 is 1.10 bits per heavy atom. The molecule has 0 radical (unpaired) electrons. The van der Waals surface area contributed by atoms with Crippen LogP contribution in [0.4, 0.5) is 0 Å². The van der Waals surface area contributed by atoms with Gasteiger partial charge in [-0.15, -0.1) is 0 Å². The van der Waals surface area contributed by atoms with Crippen molar-refractivity contribution in [2.45, 2.75) is 25.8 Å². The smallest absolute Gasteiger partial charge is 0.281 e. The summed E-state index contributed by atoms with van der Waals surface area (Å²) in [5.41, 5.74) is 2.86. The maximum atomic E-state index is 4.55. The summed E-state index contributed by atoms with van der Waals surface area (Å²) >= 11 is 0. The van der Waals surface area contributed by atoms with Gasteiger partial charge in [-0.3, -0.25) is 0 Å². The van der Waals surface area contributed by atoms with Gasteiger partial charge in [-0.2, -0.15) is 0 Å². The number of H-pyrrole nitrogens is 3. The standard InChI is InChI=1S/C13H18N6Si/c1-13(2,3)20(10-14-4-5-15-10,11-16-6-7-17-11)12-18-8-9-19-12/h4-9H,1-3H3,(H,14,15)(H,16,17)(H,18,19). The van der Waals surface area contributed by atoms with E-state index >= 15 is 0 Å². The molecule has 0 amide bonds. The van der Waals surface area contributed by atoms with Gasteiger partial charge in [0, 0.05) is 37.2 Å². The summed E-state index contributed by atoms with van der Waals surface area (Å²) in [7, 11) is -2.47. The second-order valence-electron chi connectivity index (χ2n) is 5.81. The highest BCUT2D eigenvalue weighted by Crippen LogP contribution is 2.33. The SMILES string of the molecule is CC(C)(C)[Si](c1ncc[nH]1)(c1ncc[nH]1)c1ncc[nH]1.